The normalized spacial score (nSPS) is 12.9. The molecule has 0 fully saturated rings. The van der Waals surface area contributed by atoms with E-state index in [9.17, 15) is 27.6 Å². The maximum atomic E-state index is 12.6. The number of alkyl halides is 4. The summed E-state index contributed by atoms with van der Waals surface area (Å²) < 4.78 is 38.2. The number of ketones is 1. The van der Waals surface area contributed by atoms with Gasteiger partial charge in [-0.3, -0.25) is 9.59 Å². The van der Waals surface area contributed by atoms with Crippen molar-refractivity contribution in [3.8, 4) is 5.69 Å². The van der Waals surface area contributed by atoms with E-state index in [1.165, 1.54) is 31.2 Å². The molecule has 0 saturated heterocycles. The van der Waals surface area contributed by atoms with E-state index in [-0.39, 0.29) is 17.3 Å². The van der Waals surface area contributed by atoms with Crippen molar-refractivity contribution in [1.29, 1.82) is 0 Å². The molecule has 122 valence electrons. The number of aromatic amines is 1. The lowest BCUT2D eigenvalue weighted by Gasteiger charge is -2.10. The molecular weight excluding hydrogens is 337 g/mol. The quantitative estimate of drug-likeness (QED) is 0.685. The first kappa shape index (κ1) is 17.0. The number of Topliss-reactive ketones (excluding diaryl/α,β-unsaturated/α-hetero) is 1. The molecule has 2 aromatic rings. The van der Waals surface area contributed by atoms with Gasteiger partial charge in [0, 0.05) is 11.6 Å². The SMILES string of the molecule is CC(Cl)C(=O)c1cccc(-n2c(=O)cc(C(F)(F)F)[nH]c2=O)c1. The van der Waals surface area contributed by atoms with Gasteiger partial charge < -0.3 is 4.98 Å². The van der Waals surface area contributed by atoms with Crippen LogP contribution in [-0.4, -0.2) is 20.7 Å². The highest BCUT2D eigenvalue weighted by atomic mass is 35.5. The van der Waals surface area contributed by atoms with E-state index in [1.54, 1.807) is 4.98 Å². The Labute approximate surface area is 132 Å². The standard InChI is InChI=1S/C14H10ClF3N2O3/c1-7(15)12(22)8-3-2-4-9(5-8)20-11(21)6-10(14(16,17)18)19-13(20)23/h2-7H,1H3,(H,19,23). The van der Waals surface area contributed by atoms with Crippen LogP contribution in [0, 0.1) is 0 Å². The van der Waals surface area contributed by atoms with Gasteiger partial charge in [0.15, 0.2) is 5.78 Å². The number of carbonyl (C=O) groups is 1. The molecule has 1 aromatic heterocycles. The van der Waals surface area contributed by atoms with Crippen LogP contribution in [0.2, 0.25) is 0 Å². The molecule has 0 radical (unpaired) electrons. The Balaban J connectivity index is 2.60. The van der Waals surface area contributed by atoms with Crippen LogP contribution in [0.5, 0.6) is 0 Å². The van der Waals surface area contributed by atoms with Crippen molar-refractivity contribution in [3.63, 3.8) is 0 Å². The minimum Gasteiger partial charge on any atom is -0.303 e. The summed E-state index contributed by atoms with van der Waals surface area (Å²) in [6, 6.07) is 5.63. The molecule has 1 aromatic carbocycles. The zero-order valence-corrected chi connectivity index (χ0v) is 12.4. The van der Waals surface area contributed by atoms with Gasteiger partial charge in [-0.15, -0.1) is 11.6 Å². The Hall–Kier alpha value is -2.35. The van der Waals surface area contributed by atoms with Crippen LogP contribution in [0.25, 0.3) is 5.69 Å². The molecule has 0 saturated carbocycles. The second-order valence-corrected chi connectivity index (χ2v) is 5.34. The van der Waals surface area contributed by atoms with Crippen LogP contribution >= 0.6 is 11.6 Å². The lowest BCUT2D eigenvalue weighted by atomic mass is 10.1. The van der Waals surface area contributed by atoms with Gasteiger partial charge in [0.25, 0.3) is 5.56 Å². The number of benzene rings is 1. The Morgan fingerprint density at radius 2 is 1.91 bits per heavy atom. The fourth-order valence-corrected chi connectivity index (χ4v) is 2.05. The molecule has 1 heterocycles. The molecular formula is C14H10ClF3N2O3. The maximum absolute atomic E-state index is 12.6. The van der Waals surface area contributed by atoms with Crippen molar-refractivity contribution in [1.82, 2.24) is 9.55 Å². The summed E-state index contributed by atoms with van der Waals surface area (Å²) in [5.74, 6) is -0.440. The molecule has 0 aliphatic heterocycles. The number of hydrogen-bond acceptors (Lipinski definition) is 3. The van der Waals surface area contributed by atoms with E-state index in [0.717, 1.165) is 0 Å². The molecule has 9 heteroatoms. The van der Waals surface area contributed by atoms with Gasteiger partial charge >= 0.3 is 11.9 Å². The highest BCUT2D eigenvalue weighted by Gasteiger charge is 2.33. The third-order valence-corrected chi connectivity index (χ3v) is 3.19. The van der Waals surface area contributed by atoms with Gasteiger partial charge in [0.1, 0.15) is 5.69 Å². The molecule has 0 aliphatic rings. The molecule has 0 aliphatic carbocycles. The predicted octanol–water partition coefficient (Wildman–Crippen LogP) is 2.35. The summed E-state index contributed by atoms with van der Waals surface area (Å²) in [4.78, 5) is 37.1. The Morgan fingerprint density at radius 3 is 2.43 bits per heavy atom. The van der Waals surface area contributed by atoms with E-state index in [2.05, 4.69) is 0 Å². The molecule has 0 amide bonds. The highest BCUT2D eigenvalue weighted by molar-refractivity contribution is 6.33. The van der Waals surface area contributed by atoms with Gasteiger partial charge in [0.05, 0.1) is 11.1 Å². The minimum atomic E-state index is -4.84. The maximum Gasteiger partial charge on any atom is 0.431 e. The number of carbonyl (C=O) groups excluding carboxylic acids is 1. The van der Waals surface area contributed by atoms with Crippen LogP contribution in [0.4, 0.5) is 13.2 Å². The highest BCUT2D eigenvalue weighted by Crippen LogP contribution is 2.25. The molecule has 5 nitrogen and oxygen atoms in total. The van der Waals surface area contributed by atoms with Crippen LogP contribution in [0.15, 0.2) is 39.9 Å². The largest absolute Gasteiger partial charge is 0.431 e. The van der Waals surface area contributed by atoms with Crippen molar-refractivity contribution >= 4 is 17.4 Å². The van der Waals surface area contributed by atoms with Crippen molar-refractivity contribution in [2.75, 3.05) is 0 Å². The van der Waals surface area contributed by atoms with Crippen LogP contribution in [0.3, 0.4) is 0 Å². The van der Waals surface area contributed by atoms with Crippen molar-refractivity contribution in [3.05, 3.63) is 62.4 Å². The first-order valence-electron chi connectivity index (χ1n) is 6.33. The number of halogens is 4. The number of rotatable bonds is 3. The van der Waals surface area contributed by atoms with Gasteiger partial charge in [-0.1, -0.05) is 12.1 Å². The third-order valence-electron chi connectivity index (χ3n) is 2.99. The Morgan fingerprint density at radius 1 is 1.26 bits per heavy atom. The summed E-state index contributed by atoms with van der Waals surface area (Å²) in [5, 5.41) is -0.826. The van der Waals surface area contributed by atoms with Gasteiger partial charge in [-0.05, 0) is 19.1 Å². The smallest absolute Gasteiger partial charge is 0.303 e. The van der Waals surface area contributed by atoms with Gasteiger partial charge in [0.2, 0.25) is 0 Å². The number of nitrogens with zero attached hydrogens (tertiary/aromatic N) is 1. The molecule has 0 spiro atoms. The predicted molar refractivity (Wildman–Crippen MR) is 77.3 cm³/mol. The Kier molecular flexibility index (Phi) is 4.46. The van der Waals surface area contributed by atoms with E-state index < -0.39 is 34.3 Å². The first-order chi connectivity index (χ1) is 10.6. The van der Waals surface area contributed by atoms with Crippen LogP contribution in [-0.2, 0) is 6.18 Å². The molecule has 0 bridgehead atoms. The molecule has 1 unspecified atom stereocenters. The van der Waals surface area contributed by atoms with E-state index in [0.29, 0.717) is 4.57 Å². The molecule has 1 atom stereocenters. The van der Waals surface area contributed by atoms with E-state index >= 15 is 0 Å². The van der Waals surface area contributed by atoms with Crippen molar-refractivity contribution < 1.29 is 18.0 Å². The topological polar surface area (TPSA) is 71.9 Å². The summed E-state index contributed by atoms with van der Waals surface area (Å²) >= 11 is 5.68. The molecule has 23 heavy (non-hydrogen) atoms. The third kappa shape index (κ3) is 3.53. The van der Waals surface area contributed by atoms with Gasteiger partial charge in [-0.25, -0.2) is 9.36 Å². The van der Waals surface area contributed by atoms with Crippen LogP contribution in [0.1, 0.15) is 23.0 Å². The molecule has 2 rings (SSSR count). The summed E-state index contributed by atoms with van der Waals surface area (Å²) in [5.41, 5.74) is -3.76. The second kappa shape index (κ2) is 6.04. The van der Waals surface area contributed by atoms with Crippen LogP contribution < -0.4 is 11.2 Å². The monoisotopic (exact) mass is 346 g/mol. The summed E-state index contributed by atoms with van der Waals surface area (Å²) in [7, 11) is 0. The van der Waals surface area contributed by atoms with E-state index in [1.807, 2.05) is 0 Å². The first-order valence-corrected chi connectivity index (χ1v) is 6.77. The second-order valence-electron chi connectivity index (χ2n) is 4.69. The average Bonchev–Trinajstić information content (AvgIpc) is 2.45. The van der Waals surface area contributed by atoms with Crippen molar-refractivity contribution in [2.45, 2.75) is 18.5 Å². The average molecular weight is 347 g/mol. The lowest BCUT2D eigenvalue weighted by molar-refractivity contribution is -0.141. The fourth-order valence-electron chi connectivity index (χ4n) is 1.92. The Bertz CT molecular complexity index is 837. The zero-order chi connectivity index (χ0) is 17.4. The zero-order valence-electron chi connectivity index (χ0n) is 11.6. The number of hydrogen-bond donors (Lipinski definition) is 1. The molecule has 1 N–H and O–H groups in total. The lowest BCUT2D eigenvalue weighted by Crippen LogP contribution is -2.35. The van der Waals surface area contributed by atoms with Gasteiger partial charge in [-0.2, -0.15) is 13.2 Å². The fraction of sp³-hybridized carbons (Fsp3) is 0.214. The summed E-state index contributed by atoms with van der Waals surface area (Å²) in [6.07, 6.45) is -4.84. The number of nitrogens with one attached hydrogen (secondary N) is 1. The summed E-state index contributed by atoms with van der Waals surface area (Å²) in [6.45, 7) is 1.45. The van der Waals surface area contributed by atoms with E-state index in [4.69, 9.17) is 11.6 Å². The number of aromatic nitrogens is 2. The number of H-pyrrole nitrogens is 1. The minimum absolute atomic E-state index is 0.0341. The van der Waals surface area contributed by atoms with Crippen molar-refractivity contribution in [2.24, 2.45) is 0 Å².